The summed E-state index contributed by atoms with van der Waals surface area (Å²) in [7, 11) is 0. The lowest BCUT2D eigenvalue weighted by molar-refractivity contribution is 0.505. The molecule has 0 radical (unpaired) electrons. The van der Waals surface area contributed by atoms with E-state index in [4.69, 9.17) is 10.2 Å². The standard InChI is InChI=1S/C17H18N2O/c1-2-17-14(8-10-20-17)15(18)11-12-7-9-19-16-6-4-3-5-13(12)16/h3-10,15H,2,11,18H2,1H3. The number of para-hydroxylation sites is 1. The minimum absolute atomic E-state index is 0.0468. The molecular weight excluding hydrogens is 248 g/mol. The van der Waals surface area contributed by atoms with E-state index in [0.717, 1.165) is 29.7 Å². The molecule has 3 nitrogen and oxygen atoms in total. The second-order valence-electron chi connectivity index (χ2n) is 4.95. The van der Waals surface area contributed by atoms with Gasteiger partial charge in [-0.05, 0) is 30.2 Å². The van der Waals surface area contributed by atoms with Crippen LogP contribution in [0.4, 0.5) is 0 Å². The van der Waals surface area contributed by atoms with Crippen molar-refractivity contribution in [1.29, 1.82) is 0 Å². The zero-order chi connectivity index (χ0) is 13.9. The van der Waals surface area contributed by atoms with Crippen LogP contribution in [-0.4, -0.2) is 4.98 Å². The number of hydrogen-bond acceptors (Lipinski definition) is 3. The highest BCUT2D eigenvalue weighted by molar-refractivity contribution is 5.81. The van der Waals surface area contributed by atoms with Crippen LogP contribution in [0.15, 0.2) is 53.3 Å². The zero-order valence-electron chi connectivity index (χ0n) is 11.5. The molecule has 2 N–H and O–H groups in total. The van der Waals surface area contributed by atoms with Gasteiger partial charge in [0.25, 0.3) is 0 Å². The van der Waals surface area contributed by atoms with E-state index in [9.17, 15) is 0 Å². The molecule has 0 fully saturated rings. The van der Waals surface area contributed by atoms with E-state index < -0.39 is 0 Å². The Bertz CT molecular complexity index is 712. The number of nitrogens with zero attached hydrogens (tertiary/aromatic N) is 1. The number of hydrogen-bond donors (Lipinski definition) is 1. The van der Waals surface area contributed by atoms with Gasteiger partial charge in [0.1, 0.15) is 5.76 Å². The van der Waals surface area contributed by atoms with Crippen molar-refractivity contribution < 1.29 is 4.42 Å². The first-order valence-corrected chi connectivity index (χ1v) is 6.94. The summed E-state index contributed by atoms with van der Waals surface area (Å²) in [6, 6.07) is 12.1. The average molecular weight is 266 g/mol. The van der Waals surface area contributed by atoms with E-state index in [2.05, 4.69) is 18.0 Å². The monoisotopic (exact) mass is 266 g/mol. The fraction of sp³-hybridized carbons (Fsp3) is 0.235. The second kappa shape index (κ2) is 5.47. The minimum atomic E-state index is -0.0468. The molecule has 1 aromatic carbocycles. The van der Waals surface area contributed by atoms with Crippen LogP contribution in [0.25, 0.3) is 10.9 Å². The Labute approximate surface area is 118 Å². The van der Waals surface area contributed by atoms with Crippen LogP contribution in [0.1, 0.15) is 29.9 Å². The molecule has 0 spiro atoms. The fourth-order valence-corrected chi connectivity index (χ4v) is 2.65. The minimum Gasteiger partial charge on any atom is -0.469 e. The molecule has 0 aliphatic rings. The van der Waals surface area contributed by atoms with Gasteiger partial charge in [-0.3, -0.25) is 4.98 Å². The van der Waals surface area contributed by atoms with Crippen molar-refractivity contribution in [3.05, 3.63) is 65.7 Å². The first-order valence-electron chi connectivity index (χ1n) is 6.94. The van der Waals surface area contributed by atoms with E-state index in [-0.39, 0.29) is 6.04 Å². The van der Waals surface area contributed by atoms with Crippen LogP contribution in [0.3, 0.4) is 0 Å². The predicted molar refractivity (Wildman–Crippen MR) is 80.5 cm³/mol. The summed E-state index contributed by atoms with van der Waals surface area (Å²) in [4.78, 5) is 4.39. The van der Waals surface area contributed by atoms with Crippen molar-refractivity contribution in [1.82, 2.24) is 4.98 Å². The van der Waals surface area contributed by atoms with Crippen LogP contribution in [0.5, 0.6) is 0 Å². The summed E-state index contributed by atoms with van der Waals surface area (Å²) < 4.78 is 5.47. The molecule has 2 heterocycles. The third-order valence-electron chi connectivity index (χ3n) is 3.68. The zero-order valence-corrected chi connectivity index (χ0v) is 11.5. The number of furan rings is 1. The maximum absolute atomic E-state index is 6.36. The molecule has 102 valence electrons. The van der Waals surface area contributed by atoms with Gasteiger partial charge in [0, 0.05) is 29.6 Å². The Morgan fingerprint density at radius 2 is 2.05 bits per heavy atom. The molecule has 1 unspecified atom stereocenters. The summed E-state index contributed by atoms with van der Waals surface area (Å²) in [5.74, 6) is 0.982. The molecule has 0 aliphatic carbocycles. The van der Waals surface area contributed by atoms with Gasteiger partial charge >= 0.3 is 0 Å². The SMILES string of the molecule is CCc1occc1C(N)Cc1ccnc2ccccc12. The van der Waals surface area contributed by atoms with E-state index in [1.54, 1.807) is 6.26 Å². The van der Waals surface area contributed by atoms with Crippen molar-refractivity contribution in [3.8, 4) is 0 Å². The van der Waals surface area contributed by atoms with Crippen LogP contribution in [0.2, 0.25) is 0 Å². The molecule has 0 saturated heterocycles. The smallest absolute Gasteiger partial charge is 0.108 e. The molecule has 0 saturated carbocycles. The second-order valence-corrected chi connectivity index (χ2v) is 4.95. The van der Waals surface area contributed by atoms with Crippen LogP contribution in [-0.2, 0) is 12.8 Å². The van der Waals surface area contributed by atoms with Crippen LogP contribution >= 0.6 is 0 Å². The van der Waals surface area contributed by atoms with E-state index in [1.807, 2.05) is 36.5 Å². The lowest BCUT2D eigenvalue weighted by Gasteiger charge is -2.13. The first kappa shape index (κ1) is 12.9. The van der Waals surface area contributed by atoms with Gasteiger partial charge in [-0.2, -0.15) is 0 Å². The van der Waals surface area contributed by atoms with Gasteiger partial charge in [-0.15, -0.1) is 0 Å². The van der Waals surface area contributed by atoms with Crippen molar-refractivity contribution in [3.63, 3.8) is 0 Å². The molecule has 0 bridgehead atoms. The van der Waals surface area contributed by atoms with Crippen molar-refractivity contribution in [2.75, 3.05) is 0 Å². The van der Waals surface area contributed by atoms with Gasteiger partial charge < -0.3 is 10.2 Å². The summed E-state index contributed by atoms with van der Waals surface area (Å²) in [6.07, 6.45) is 5.22. The molecule has 2 aromatic heterocycles. The topological polar surface area (TPSA) is 52.0 Å². The Morgan fingerprint density at radius 1 is 1.20 bits per heavy atom. The van der Waals surface area contributed by atoms with Gasteiger partial charge in [-0.25, -0.2) is 0 Å². The van der Waals surface area contributed by atoms with Gasteiger partial charge in [0.2, 0.25) is 0 Å². The maximum atomic E-state index is 6.36. The highest BCUT2D eigenvalue weighted by atomic mass is 16.3. The number of aromatic nitrogens is 1. The van der Waals surface area contributed by atoms with E-state index in [1.165, 1.54) is 10.9 Å². The van der Waals surface area contributed by atoms with Crippen molar-refractivity contribution >= 4 is 10.9 Å². The van der Waals surface area contributed by atoms with Gasteiger partial charge in [0.05, 0.1) is 11.8 Å². The third kappa shape index (κ3) is 2.32. The molecule has 0 amide bonds. The number of nitrogens with two attached hydrogens (primary N) is 1. The molecule has 3 aromatic rings. The molecule has 1 atom stereocenters. The Balaban J connectivity index is 1.93. The van der Waals surface area contributed by atoms with Crippen LogP contribution in [0, 0.1) is 0 Å². The summed E-state index contributed by atoms with van der Waals surface area (Å²) >= 11 is 0. The van der Waals surface area contributed by atoms with Gasteiger partial charge in [-0.1, -0.05) is 25.1 Å². The van der Waals surface area contributed by atoms with Crippen LogP contribution < -0.4 is 5.73 Å². The molecule has 3 rings (SSSR count). The largest absolute Gasteiger partial charge is 0.469 e. The molecule has 20 heavy (non-hydrogen) atoms. The Kier molecular flexibility index (Phi) is 3.52. The van der Waals surface area contributed by atoms with E-state index >= 15 is 0 Å². The lowest BCUT2D eigenvalue weighted by atomic mass is 9.97. The number of rotatable bonds is 4. The molecule has 3 heteroatoms. The summed E-state index contributed by atoms with van der Waals surface area (Å²) in [5, 5.41) is 1.17. The number of fused-ring (bicyclic) bond motifs is 1. The first-order chi connectivity index (χ1) is 9.79. The Hall–Kier alpha value is -2.13. The highest BCUT2D eigenvalue weighted by Crippen LogP contribution is 2.25. The maximum Gasteiger partial charge on any atom is 0.108 e. The lowest BCUT2D eigenvalue weighted by Crippen LogP contribution is -2.14. The van der Waals surface area contributed by atoms with Gasteiger partial charge in [0.15, 0.2) is 0 Å². The Morgan fingerprint density at radius 3 is 2.90 bits per heavy atom. The summed E-state index contributed by atoms with van der Waals surface area (Å²) in [6.45, 7) is 2.08. The number of aryl methyl sites for hydroxylation is 1. The molecule has 0 aliphatic heterocycles. The molecular formula is C17H18N2O. The quantitative estimate of drug-likeness (QED) is 0.784. The average Bonchev–Trinajstić information content (AvgIpc) is 2.96. The van der Waals surface area contributed by atoms with Crippen molar-refractivity contribution in [2.45, 2.75) is 25.8 Å². The highest BCUT2D eigenvalue weighted by Gasteiger charge is 2.14. The van der Waals surface area contributed by atoms with E-state index in [0.29, 0.717) is 0 Å². The normalized spacial score (nSPS) is 12.7. The fourth-order valence-electron chi connectivity index (χ4n) is 2.65. The number of pyridine rings is 1. The number of benzene rings is 1. The predicted octanol–water partition coefficient (Wildman–Crippen LogP) is 3.63. The third-order valence-corrected chi connectivity index (χ3v) is 3.68. The van der Waals surface area contributed by atoms with Crippen molar-refractivity contribution in [2.24, 2.45) is 5.73 Å². The summed E-state index contributed by atoms with van der Waals surface area (Å²) in [5.41, 5.74) is 9.71.